The van der Waals surface area contributed by atoms with Crippen LogP contribution < -0.4 is 4.74 Å². The number of aromatic amines is 1. The molecule has 1 aliphatic rings. The molecule has 0 bridgehead atoms. The van der Waals surface area contributed by atoms with Crippen molar-refractivity contribution in [3.8, 4) is 22.7 Å². The van der Waals surface area contributed by atoms with Crippen molar-refractivity contribution in [2.75, 3.05) is 13.2 Å². The summed E-state index contributed by atoms with van der Waals surface area (Å²) in [5.74, 6) is 1.07. The van der Waals surface area contributed by atoms with Crippen molar-refractivity contribution in [3.05, 3.63) is 83.7 Å². The van der Waals surface area contributed by atoms with Gasteiger partial charge in [0.15, 0.2) is 0 Å². The van der Waals surface area contributed by atoms with E-state index in [4.69, 9.17) is 9.47 Å². The lowest BCUT2D eigenvalue weighted by Gasteiger charge is -2.30. The molecule has 0 fully saturated rings. The van der Waals surface area contributed by atoms with E-state index < -0.39 is 5.60 Å². The number of hydrogen-bond acceptors (Lipinski definition) is 3. The summed E-state index contributed by atoms with van der Waals surface area (Å²) in [5.41, 5.74) is 8.53. The average molecular weight is 526 g/mol. The van der Waals surface area contributed by atoms with E-state index in [2.05, 4.69) is 67.2 Å². The predicted octanol–water partition coefficient (Wildman–Crippen LogP) is 7.74. The number of nitrogens with zero attached hydrogens (tertiary/aromatic N) is 2. The smallest absolute Gasteiger partial charge is 0.410 e. The van der Waals surface area contributed by atoms with Gasteiger partial charge in [-0.2, -0.15) is 0 Å². The molecule has 0 spiro atoms. The van der Waals surface area contributed by atoms with Gasteiger partial charge in [-0.25, -0.2) is 4.79 Å². The zero-order valence-corrected chi connectivity index (χ0v) is 23.9. The topological polar surface area (TPSA) is 59.5 Å². The molecule has 0 saturated heterocycles. The number of amides is 1. The number of ether oxygens (including phenoxy) is 2. The minimum atomic E-state index is -0.544. The first-order chi connectivity index (χ1) is 18.6. The number of aryl methyl sites for hydroxylation is 1. The van der Waals surface area contributed by atoms with Gasteiger partial charge in [0.1, 0.15) is 11.4 Å². The summed E-state index contributed by atoms with van der Waals surface area (Å²) >= 11 is 0. The molecular formula is C33H39N3O3. The van der Waals surface area contributed by atoms with Crippen LogP contribution in [0.3, 0.4) is 0 Å². The van der Waals surface area contributed by atoms with E-state index in [-0.39, 0.29) is 12.0 Å². The standard InChI is InChI=1S/C33H39N3O3/c1-8-21(2)20-38-29-11-9-10-22(3)30(29)36-23(4)26-15-17-35(32(37)39-33(5,6)7)19-27(26)31(36)25-12-13-28-24(18-25)14-16-34-28/h8-14,16,18,21,34H,1,15,17,19-20H2,2-7H3. The first-order valence-corrected chi connectivity index (χ1v) is 13.7. The van der Waals surface area contributed by atoms with Crippen molar-refractivity contribution in [2.45, 2.75) is 60.1 Å². The molecular weight excluding hydrogens is 486 g/mol. The molecule has 1 aliphatic heterocycles. The number of H-pyrrole nitrogens is 1. The third kappa shape index (κ3) is 5.20. The number of rotatable bonds is 6. The van der Waals surface area contributed by atoms with Crippen LogP contribution in [-0.4, -0.2) is 39.3 Å². The molecule has 1 atom stereocenters. The molecule has 6 heteroatoms. The van der Waals surface area contributed by atoms with E-state index in [1.165, 1.54) is 11.3 Å². The summed E-state index contributed by atoms with van der Waals surface area (Å²) in [5, 5.41) is 1.15. The van der Waals surface area contributed by atoms with E-state index in [1.54, 1.807) is 0 Å². The largest absolute Gasteiger partial charge is 0.491 e. The third-order valence-electron chi connectivity index (χ3n) is 7.43. The second-order valence-electron chi connectivity index (χ2n) is 11.6. The molecule has 4 aromatic rings. The van der Waals surface area contributed by atoms with E-state index in [0.29, 0.717) is 19.7 Å². The molecule has 0 aliphatic carbocycles. The zero-order chi connectivity index (χ0) is 27.9. The highest BCUT2D eigenvalue weighted by Crippen LogP contribution is 2.41. The van der Waals surface area contributed by atoms with Gasteiger partial charge in [0.05, 0.1) is 24.5 Å². The Morgan fingerprint density at radius 1 is 1.15 bits per heavy atom. The lowest BCUT2D eigenvalue weighted by molar-refractivity contribution is 0.0224. The van der Waals surface area contributed by atoms with Crippen LogP contribution >= 0.6 is 0 Å². The van der Waals surface area contributed by atoms with Gasteiger partial charge in [0.2, 0.25) is 0 Å². The minimum absolute atomic E-state index is 0.232. The summed E-state index contributed by atoms with van der Waals surface area (Å²) < 4.78 is 14.5. The van der Waals surface area contributed by atoms with Gasteiger partial charge in [-0.1, -0.05) is 31.2 Å². The molecule has 39 heavy (non-hydrogen) atoms. The Kier molecular flexibility index (Phi) is 7.06. The Balaban J connectivity index is 1.70. The van der Waals surface area contributed by atoms with E-state index >= 15 is 0 Å². The second-order valence-corrected chi connectivity index (χ2v) is 11.6. The fraction of sp³-hybridized carbons (Fsp3) is 0.364. The average Bonchev–Trinajstić information content (AvgIpc) is 3.47. The van der Waals surface area contributed by atoms with Crippen LogP contribution in [0.15, 0.2) is 61.3 Å². The van der Waals surface area contributed by atoms with Gasteiger partial charge in [0.25, 0.3) is 0 Å². The van der Waals surface area contributed by atoms with Gasteiger partial charge in [-0.05, 0) is 82.0 Å². The molecule has 1 N–H and O–H groups in total. The summed E-state index contributed by atoms with van der Waals surface area (Å²) in [6.07, 6.45) is 4.37. The minimum Gasteiger partial charge on any atom is -0.491 e. The number of carbonyl (C=O) groups excluding carboxylic acids is 1. The third-order valence-corrected chi connectivity index (χ3v) is 7.43. The van der Waals surface area contributed by atoms with E-state index in [0.717, 1.165) is 51.1 Å². The van der Waals surface area contributed by atoms with Gasteiger partial charge in [0, 0.05) is 40.8 Å². The molecule has 0 radical (unpaired) electrons. The molecule has 1 amide bonds. The molecule has 204 valence electrons. The summed E-state index contributed by atoms with van der Waals surface area (Å²) in [4.78, 5) is 18.3. The van der Waals surface area contributed by atoms with E-state index in [1.807, 2.05) is 50.1 Å². The van der Waals surface area contributed by atoms with Crippen LogP contribution in [0, 0.1) is 19.8 Å². The number of nitrogens with one attached hydrogen (secondary N) is 1. The Hall–Kier alpha value is -3.93. The highest BCUT2D eigenvalue weighted by molar-refractivity contribution is 5.86. The van der Waals surface area contributed by atoms with Crippen LogP contribution in [0.4, 0.5) is 4.79 Å². The van der Waals surface area contributed by atoms with Crippen LogP contribution in [0.1, 0.15) is 50.1 Å². The van der Waals surface area contributed by atoms with Gasteiger partial charge in [-0.15, -0.1) is 6.58 Å². The van der Waals surface area contributed by atoms with Crippen LogP contribution in [0.5, 0.6) is 5.75 Å². The van der Waals surface area contributed by atoms with Gasteiger partial charge >= 0.3 is 6.09 Å². The monoisotopic (exact) mass is 525 g/mol. The highest BCUT2D eigenvalue weighted by Gasteiger charge is 2.32. The van der Waals surface area contributed by atoms with Crippen molar-refractivity contribution >= 4 is 17.0 Å². The Morgan fingerprint density at radius 2 is 1.95 bits per heavy atom. The van der Waals surface area contributed by atoms with Crippen molar-refractivity contribution in [2.24, 2.45) is 5.92 Å². The maximum absolute atomic E-state index is 13.1. The Morgan fingerprint density at radius 3 is 2.69 bits per heavy atom. The number of fused-ring (bicyclic) bond motifs is 2. The zero-order valence-electron chi connectivity index (χ0n) is 23.9. The van der Waals surface area contributed by atoms with Gasteiger partial charge in [-0.3, -0.25) is 0 Å². The van der Waals surface area contributed by atoms with E-state index in [9.17, 15) is 4.79 Å². The summed E-state index contributed by atoms with van der Waals surface area (Å²) in [6.45, 7) is 17.7. The van der Waals surface area contributed by atoms with Crippen molar-refractivity contribution in [1.29, 1.82) is 0 Å². The van der Waals surface area contributed by atoms with Crippen molar-refractivity contribution in [1.82, 2.24) is 14.5 Å². The molecule has 5 rings (SSSR count). The van der Waals surface area contributed by atoms with Crippen LogP contribution in [0.25, 0.3) is 27.8 Å². The fourth-order valence-electron chi connectivity index (χ4n) is 5.41. The number of hydrogen-bond donors (Lipinski definition) is 1. The summed E-state index contributed by atoms with van der Waals surface area (Å²) in [7, 11) is 0. The molecule has 2 aromatic carbocycles. The maximum atomic E-state index is 13.1. The maximum Gasteiger partial charge on any atom is 0.410 e. The SMILES string of the molecule is C=CC(C)COc1cccc(C)c1-n1c(C)c2c(c1-c1ccc3[nH]ccc3c1)CN(C(=O)OC(C)(C)C)CC2. The molecule has 1 unspecified atom stereocenters. The number of aromatic nitrogens is 2. The van der Waals surface area contributed by atoms with Gasteiger partial charge < -0.3 is 23.9 Å². The molecule has 3 heterocycles. The molecule has 0 saturated carbocycles. The quantitative estimate of drug-likeness (QED) is 0.262. The molecule has 6 nitrogen and oxygen atoms in total. The van der Waals surface area contributed by atoms with Crippen molar-refractivity contribution < 1.29 is 14.3 Å². The number of para-hydroxylation sites is 1. The Bertz CT molecular complexity index is 1540. The number of benzene rings is 2. The van der Waals surface area contributed by atoms with Crippen molar-refractivity contribution in [3.63, 3.8) is 0 Å². The molecule has 2 aromatic heterocycles. The second kappa shape index (κ2) is 10.3. The lowest BCUT2D eigenvalue weighted by Crippen LogP contribution is -2.39. The lowest BCUT2D eigenvalue weighted by atomic mass is 9.97. The normalized spacial score (nSPS) is 14.3. The first kappa shape index (κ1) is 26.7. The Labute approximate surface area is 231 Å². The van der Waals surface area contributed by atoms with Crippen LogP contribution in [0.2, 0.25) is 0 Å². The number of carbonyl (C=O) groups is 1. The van der Waals surface area contributed by atoms with Crippen LogP contribution in [-0.2, 0) is 17.7 Å². The summed E-state index contributed by atoms with van der Waals surface area (Å²) in [6, 6.07) is 14.8. The highest BCUT2D eigenvalue weighted by atomic mass is 16.6. The predicted molar refractivity (Wildman–Crippen MR) is 158 cm³/mol. The fourth-order valence-corrected chi connectivity index (χ4v) is 5.41. The first-order valence-electron chi connectivity index (χ1n) is 13.7.